The highest BCUT2D eigenvalue weighted by Gasteiger charge is 2.49. The minimum absolute atomic E-state index is 0.0265. The summed E-state index contributed by atoms with van der Waals surface area (Å²) in [5.74, 6) is 0.113. The van der Waals surface area contributed by atoms with Gasteiger partial charge in [-0.25, -0.2) is 0 Å². The van der Waals surface area contributed by atoms with Crippen molar-refractivity contribution < 1.29 is 9.59 Å². The Morgan fingerprint density at radius 1 is 1.19 bits per heavy atom. The lowest BCUT2D eigenvalue weighted by molar-refractivity contribution is -0.117. The van der Waals surface area contributed by atoms with Gasteiger partial charge in [0.15, 0.2) is 0 Å². The Bertz CT molecular complexity index is 909. The summed E-state index contributed by atoms with van der Waals surface area (Å²) < 4.78 is 1.83. The zero-order chi connectivity index (χ0) is 18.3. The topological polar surface area (TPSA) is 69.3 Å². The van der Waals surface area contributed by atoms with Crippen molar-refractivity contribution in [3.05, 3.63) is 53.9 Å². The molecule has 0 saturated carbocycles. The molecule has 6 heteroatoms. The summed E-state index contributed by atoms with van der Waals surface area (Å²) in [5, 5.41) is 8.92. The van der Waals surface area contributed by atoms with E-state index in [2.05, 4.69) is 6.07 Å². The molecule has 4 rings (SSSR count). The van der Waals surface area contributed by atoms with Crippen LogP contribution in [0.25, 0.3) is 0 Å². The van der Waals surface area contributed by atoms with Crippen LogP contribution in [0.5, 0.6) is 0 Å². The molecular formula is C20H20N4O2. The van der Waals surface area contributed by atoms with E-state index in [1.54, 1.807) is 17.0 Å². The van der Waals surface area contributed by atoms with E-state index in [0.29, 0.717) is 37.3 Å². The molecule has 2 fully saturated rings. The van der Waals surface area contributed by atoms with Gasteiger partial charge in [-0.3, -0.25) is 9.59 Å². The Labute approximate surface area is 152 Å². The number of hydrogen-bond donors (Lipinski definition) is 0. The fourth-order valence-electron chi connectivity index (χ4n) is 4.07. The van der Waals surface area contributed by atoms with Gasteiger partial charge in [0.1, 0.15) is 5.69 Å². The third-order valence-corrected chi connectivity index (χ3v) is 5.52. The van der Waals surface area contributed by atoms with Crippen LogP contribution >= 0.6 is 0 Å². The lowest BCUT2D eigenvalue weighted by Gasteiger charge is -2.24. The Morgan fingerprint density at radius 2 is 1.96 bits per heavy atom. The maximum Gasteiger partial charge on any atom is 0.270 e. The van der Waals surface area contributed by atoms with Gasteiger partial charge >= 0.3 is 0 Å². The summed E-state index contributed by atoms with van der Waals surface area (Å²) in [6, 6.07) is 12.9. The molecule has 2 saturated heterocycles. The average Bonchev–Trinajstić information content (AvgIpc) is 3.34. The molecule has 2 aromatic rings. The summed E-state index contributed by atoms with van der Waals surface area (Å²) in [4.78, 5) is 29.0. The van der Waals surface area contributed by atoms with Crippen LogP contribution in [0.3, 0.4) is 0 Å². The summed E-state index contributed by atoms with van der Waals surface area (Å²) in [6.07, 6.45) is 3.16. The quantitative estimate of drug-likeness (QED) is 0.835. The summed E-state index contributed by atoms with van der Waals surface area (Å²) >= 11 is 0. The van der Waals surface area contributed by atoms with Crippen LogP contribution in [0, 0.1) is 16.7 Å². The Morgan fingerprint density at radius 3 is 2.62 bits per heavy atom. The molecule has 1 spiro atoms. The lowest BCUT2D eigenvalue weighted by atomic mass is 9.86. The van der Waals surface area contributed by atoms with Gasteiger partial charge in [-0.1, -0.05) is 0 Å². The molecule has 1 atom stereocenters. The van der Waals surface area contributed by atoms with Gasteiger partial charge < -0.3 is 14.4 Å². The fraction of sp³-hybridized carbons (Fsp3) is 0.350. The molecule has 1 unspecified atom stereocenters. The number of aryl methyl sites for hydroxylation is 1. The second kappa shape index (κ2) is 6.03. The van der Waals surface area contributed by atoms with Crippen molar-refractivity contribution >= 4 is 17.5 Å². The smallest absolute Gasteiger partial charge is 0.270 e. The maximum atomic E-state index is 12.7. The van der Waals surface area contributed by atoms with Gasteiger partial charge in [0.05, 0.1) is 11.6 Å². The number of likely N-dealkylation sites (tertiary alicyclic amines) is 1. The van der Waals surface area contributed by atoms with Gasteiger partial charge in [0, 0.05) is 50.4 Å². The number of carbonyl (C=O) groups is 2. The summed E-state index contributed by atoms with van der Waals surface area (Å²) in [7, 11) is 1.87. The first-order valence-electron chi connectivity index (χ1n) is 8.72. The van der Waals surface area contributed by atoms with Crippen molar-refractivity contribution in [2.45, 2.75) is 12.8 Å². The van der Waals surface area contributed by atoms with Crippen LogP contribution in [0.15, 0.2) is 42.6 Å². The standard InChI is InChI=1S/C20H20N4O2/c1-22-9-2-3-17(22)19(26)23-10-8-20(13-23)11-18(25)24(14-20)16-6-4-15(12-21)5-7-16/h2-7,9H,8,10-11,13-14H2,1H3. The highest BCUT2D eigenvalue weighted by Crippen LogP contribution is 2.42. The molecule has 3 heterocycles. The minimum Gasteiger partial charge on any atom is -0.347 e. The Kier molecular flexibility index (Phi) is 3.80. The second-order valence-electron chi connectivity index (χ2n) is 7.30. The SMILES string of the molecule is Cn1cccc1C(=O)N1CCC2(CC(=O)N(c3ccc(C#N)cc3)C2)C1. The van der Waals surface area contributed by atoms with Gasteiger partial charge in [-0.05, 0) is 42.8 Å². The largest absolute Gasteiger partial charge is 0.347 e. The van der Waals surface area contributed by atoms with E-state index in [1.807, 2.05) is 47.0 Å². The third-order valence-electron chi connectivity index (χ3n) is 5.52. The van der Waals surface area contributed by atoms with Gasteiger partial charge in [-0.15, -0.1) is 0 Å². The van der Waals surface area contributed by atoms with Gasteiger partial charge in [0.2, 0.25) is 5.91 Å². The number of nitrogens with zero attached hydrogens (tertiary/aromatic N) is 4. The number of nitriles is 1. The van der Waals surface area contributed by atoms with Gasteiger partial charge in [0.25, 0.3) is 5.91 Å². The Balaban J connectivity index is 1.50. The predicted octanol–water partition coefficient (Wildman–Crippen LogP) is 2.17. The van der Waals surface area contributed by atoms with Crippen molar-refractivity contribution in [1.29, 1.82) is 5.26 Å². The highest BCUT2D eigenvalue weighted by atomic mass is 16.2. The van der Waals surface area contributed by atoms with Crippen LogP contribution in [0.2, 0.25) is 0 Å². The third kappa shape index (κ3) is 2.66. The van der Waals surface area contributed by atoms with E-state index >= 15 is 0 Å². The van der Waals surface area contributed by atoms with E-state index in [9.17, 15) is 9.59 Å². The number of benzene rings is 1. The van der Waals surface area contributed by atoms with Crippen LogP contribution in [0.4, 0.5) is 5.69 Å². The molecule has 26 heavy (non-hydrogen) atoms. The van der Waals surface area contributed by atoms with E-state index in [-0.39, 0.29) is 17.2 Å². The first-order chi connectivity index (χ1) is 12.5. The molecule has 1 aromatic heterocycles. The van der Waals surface area contributed by atoms with E-state index in [4.69, 9.17) is 5.26 Å². The van der Waals surface area contributed by atoms with E-state index in [0.717, 1.165) is 12.1 Å². The first kappa shape index (κ1) is 16.4. The predicted molar refractivity (Wildman–Crippen MR) is 96.5 cm³/mol. The zero-order valence-corrected chi connectivity index (χ0v) is 14.7. The minimum atomic E-state index is -0.175. The molecule has 2 aliphatic heterocycles. The molecular weight excluding hydrogens is 328 g/mol. The Hall–Kier alpha value is -3.07. The van der Waals surface area contributed by atoms with E-state index < -0.39 is 0 Å². The zero-order valence-electron chi connectivity index (χ0n) is 14.7. The maximum absolute atomic E-state index is 12.7. The van der Waals surface area contributed by atoms with Crippen molar-refractivity contribution in [2.75, 3.05) is 24.5 Å². The second-order valence-corrected chi connectivity index (χ2v) is 7.30. The van der Waals surface area contributed by atoms with Crippen molar-refractivity contribution in [3.63, 3.8) is 0 Å². The molecule has 0 radical (unpaired) electrons. The molecule has 0 bridgehead atoms. The van der Waals surface area contributed by atoms with Crippen LogP contribution in [0.1, 0.15) is 28.9 Å². The van der Waals surface area contributed by atoms with E-state index in [1.165, 1.54) is 0 Å². The van der Waals surface area contributed by atoms with Crippen molar-refractivity contribution in [2.24, 2.45) is 12.5 Å². The first-order valence-corrected chi connectivity index (χ1v) is 8.72. The number of amides is 2. The van der Waals surface area contributed by atoms with Crippen molar-refractivity contribution in [3.8, 4) is 6.07 Å². The highest BCUT2D eigenvalue weighted by molar-refractivity contribution is 5.97. The van der Waals surface area contributed by atoms with Crippen LogP contribution in [-0.4, -0.2) is 40.9 Å². The monoisotopic (exact) mass is 348 g/mol. The molecule has 2 amide bonds. The summed E-state index contributed by atoms with van der Waals surface area (Å²) in [6.45, 7) is 1.91. The molecule has 0 aliphatic carbocycles. The normalized spacial score (nSPS) is 22.2. The number of carbonyl (C=O) groups excluding carboxylic acids is 2. The molecule has 0 N–H and O–H groups in total. The molecule has 6 nitrogen and oxygen atoms in total. The molecule has 2 aliphatic rings. The number of aromatic nitrogens is 1. The number of hydrogen-bond acceptors (Lipinski definition) is 3. The average molecular weight is 348 g/mol. The van der Waals surface area contributed by atoms with Crippen LogP contribution in [-0.2, 0) is 11.8 Å². The molecule has 1 aromatic carbocycles. The lowest BCUT2D eigenvalue weighted by Crippen LogP contribution is -2.34. The van der Waals surface area contributed by atoms with Crippen LogP contribution < -0.4 is 4.90 Å². The summed E-state index contributed by atoms with van der Waals surface area (Å²) in [5.41, 5.74) is 1.90. The van der Waals surface area contributed by atoms with Crippen molar-refractivity contribution in [1.82, 2.24) is 9.47 Å². The number of anilines is 1. The van der Waals surface area contributed by atoms with Gasteiger partial charge in [-0.2, -0.15) is 5.26 Å². The molecule has 132 valence electrons. The fourth-order valence-corrected chi connectivity index (χ4v) is 4.07. The number of rotatable bonds is 2.